The second-order valence-electron chi connectivity index (χ2n) is 11.8. The second kappa shape index (κ2) is 14.5. The highest BCUT2D eigenvalue weighted by Gasteiger charge is 2.11. The zero-order valence-electron chi connectivity index (χ0n) is 28.5. The van der Waals surface area contributed by atoms with Gasteiger partial charge in [0.1, 0.15) is 11.6 Å². The molecule has 2 aromatic heterocycles. The Kier molecular flexibility index (Phi) is 10.2. The molecule has 0 unspecified atom stereocenters. The van der Waals surface area contributed by atoms with Gasteiger partial charge in [-0.1, -0.05) is 24.3 Å². The Morgan fingerprint density at radius 2 is 0.729 bits per heavy atom. The summed E-state index contributed by atoms with van der Waals surface area (Å²) in [7, 11) is 0. The third kappa shape index (κ3) is 7.72. The summed E-state index contributed by atoms with van der Waals surface area (Å²) in [5.74, 6) is -0.571. The molecular weight excluding hydrogens is 602 g/mol. The lowest BCUT2D eigenvalue weighted by Crippen LogP contribution is -2.05. The monoisotopic (exact) mass is 640 g/mol. The lowest BCUT2D eigenvalue weighted by molar-refractivity contribution is 0.618. The van der Waals surface area contributed by atoms with Crippen molar-refractivity contribution in [3.8, 4) is 0 Å². The Morgan fingerprint density at radius 3 is 1.06 bits per heavy atom. The molecule has 8 heteroatoms. The summed E-state index contributed by atoms with van der Waals surface area (Å²) in [6.45, 7) is 15.0. The van der Waals surface area contributed by atoms with Crippen molar-refractivity contribution in [3.05, 3.63) is 142 Å². The molecule has 0 N–H and O–H groups in total. The van der Waals surface area contributed by atoms with Gasteiger partial charge in [-0.3, -0.25) is 20.0 Å². The van der Waals surface area contributed by atoms with Gasteiger partial charge in [0, 0.05) is 11.1 Å². The molecule has 0 bridgehead atoms. The number of aromatic nitrogens is 2. The van der Waals surface area contributed by atoms with Crippen molar-refractivity contribution in [2.24, 2.45) is 20.0 Å². The average Bonchev–Trinajstić information content (AvgIpc) is 3.07. The number of aryl methyl sites for hydroxylation is 2. The molecule has 0 spiro atoms. The quantitative estimate of drug-likeness (QED) is 0.158. The maximum Gasteiger partial charge on any atom is 0.128 e. The normalized spacial score (nSPS) is 12.9. The number of hydrogen-bond acceptors (Lipinski definition) is 6. The minimum atomic E-state index is -0.286. The molecule has 0 aliphatic rings. The maximum absolute atomic E-state index is 14.0. The molecule has 0 amide bonds. The van der Waals surface area contributed by atoms with Crippen LogP contribution in [-0.2, 0) is 0 Å². The van der Waals surface area contributed by atoms with Gasteiger partial charge in [-0.25, -0.2) is 18.7 Å². The van der Waals surface area contributed by atoms with Crippen LogP contribution >= 0.6 is 0 Å². The zero-order chi connectivity index (χ0) is 34.5. The molecule has 242 valence electrons. The first kappa shape index (κ1) is 33.9. The van der Waals surface area contributed by atoms with Crippen LogP contribution in [0, 0.1) is 39.3 Å². The van der Waals surface area contributed by atoms with E-state index in [0.717, 1.165) is 45.3 Å². The van der Waals surface area contributed by atoms with Crippen molar-refractivity contribution in [3.63, 3.8) is 0 Å². The molecule has 0 aliphatic carbocycles. The van der Waals surface area contributed by atoms with E-state index < -0.39 is 0 Å². The van der Waals surface area contributed by atoms with Gasteiger partial charge in [-0.2, -0.15) is 0 Å². The molecule has 2 heterocycles. The Bertz CT molecular complexity index is 1990. The fraction of sp³-hybridized carbons (Fsp3) is 0.200. The summed E-state index contributed by atoms with van der Waals surface area (Å²) in [6, 6.07) is 25.3. The molecule has 48 heavy (non-hydrogen) atoms. The molecule has 5 rings (SSSR count). The second-order valence-corrected chi connectivity index (χ2v) is 11.8. The fourth-order valence-electron chi connectivity index (χ4n) is 5.09. The lowest BCUT2D eigenvalue weighted by atomic mass is 10.1. The Morgan fingerprint density at radius 1 is 0.438 bits per heavy atom. The zero-order valence-corrected chi connectivity index (χ0v) is 28.5. The minimum absolute atomic E-state index is 0.286. The van der Waals surface area contributed by atoms with Crippen LogP contribution in [0.5, 0.6) is 0 Å². The number of halogens is 2. The van der Waals surface area contributed by atoms with Crippen LogP contribution in [0.15, 0.2) is 105 Å². The van der Waals surface area contributed by atoms with Crippen LogP contribution < -0.4 is 0 Å². The Balaban J connectivity index is 1.38. The predicted molar refractivity (Wildman–Crippen MR) is 194 cm³/mol. The van der Waals surface area contributed by atoms with Crippen molar-refractivity contribution in [1.82, 2.24) is 9.97 Å². The smallest absolute Gasteiger partial charge is 0.128 e. The van der Waals surface area contributed by atoms with E-state index in [-0.39, 0.29) is 11.6 Å². The molecule has 0 aliphatic heterocycles. The number of benzene rings is 3. The molecule has 6 nitrogen and oxygen atoms in total. The predicted octanol–water partition coefficient (Wildman–Crippen LogP) is 10.6. The van der Waals surface area contributed by atoms with Gasteiger partial charge in [0.2, 0.25) is 0 Å². The van der Waals surface area contributed by atoms with E-state index in [1.54, 1.807) is 38.1 Å². The first-order valence-corrected chi connectivity index (χ1v) is 15.7. The first-order valence-electron chi connectivity index (χ1n) is 15.7. The van der Waals surface area contributed by atoms with Crippen LogP contribution in [0.25, 0.3) is 0 Å². The highest BCUT2D eigenvalue weighted by molar-refractivity contribution is 6.03. The third-order valence-corrected chi connectivity index (χ3v) is 8.13. The largest absolute Gasteiger partial charge is 0.251 e. The van der Waals surface area contributed by atoms with Crippen LogP contribution in [0.2, 0.25) is 0 Å². The number of aliphatic imine (C=N–C) groups is 4. The van der Waals surface area contributed by atoms with Gasteiger partial charge in [0.25, 0.3) is 0 Å². The topological polar surface area (TPSA) is 75.2 Å². The van der Waals surface area contributed by atoms with E-state index in [1.165, 1.54) is 12.1 Å². The van der Waals surface area contributed by atoms with Crippen LogP contribution in [0.3, 0.4) is 0 Å². The van der Waals surface area contributed by atoms with E-state index in [2.05, 4.69) is 9.98 Å². The summed E-state index contributed by atoms with van der Waals surface area (Å²) in [4.78, 5) is 28.7. The van der Waals surface area contributed by atoms with E-state index in [0.29, 0.717) is 45.3 Å². The third-order valence-electron chi connectivity index (χ3n) is 8.13. The van der Waals surface area contributed by atoms with Gasteiger partial charge in [-0.05, 0) is 127 Å². The van der Waals surface area contributed by atoms with Crippen molar-refractivity contribution in [2.75, 3.05) is 0 Å². The Labute approximate surface area is 280 Å². The number of pyridine rings is 2. The molecule has 0 fully saturated rings. The van der Waals surface area contributed by atoms with Crippen molar-refractivity contribution in [1.29, 1.82) is 0 Å². The molecule has 0 atom stereocenters. The highest BCUT2D eigenvalue weighted by atomic mass is 19.1. The summed E-state index contributed by atoms with van der Waals surface area (Å²) in [6.07, 6.45) is 0. The molecule has 5 aromatic rings. The molecule has 3 aromatic carbocycles. The molecular formula is C40H38F2N6. The van der Waals surface area contributed by atoms with Gasteiger partial charge in [0.05, 0.1) is 68.4 Å². The number of nitrogens with zero attached hydrogens (tertiary/aromatic N) is 6. The average molecular weight is 641 g/mol. The van der Waals surface area contributed by atoms with Crippen molar-refractivity contribution in [2.45, 2.75) is 55.4 Å². The SMILES string of the molecule is CC(=Nc1cc(C)c(N=C(C)c2cccc(C(C)=Nc3cccc(F)c3C)n2)cc1C)c1cccc(C(C)=Nc2cccc(F)c2C)n1. The van der Waals surface area contributed by atoms with Crippen molar-refractivity contribution < 1.29 is 8.78 Å². The van der Waals surface area contributed by atoms with Gasteiger partial charge >= 0.3 is 0 Å². The highest BCUT2D eigenvalue weighted by Crippen LogP contribution is 2.30. The number of rotatable bonds is 8. The Hall–Kier alpha value is -5.50. The summed E-state index contributed by atoms with van der Waals surface area (Å²) in [5, 5.41) is 0. The van der Waals surface area contributed by atoms with E-state index in [4.69, 9.17) is 20.0 Å². The standard InChI is InChI=1S/C40H38F2N6/c1-23-21-40(46-30(8)38-20-12-18-36(48-38)28(6)44-34-16-10-14-32(42)26(34)4)24(2)22-39(23)45-29(7)37-19-11-17-35(47-37)27(5)43-33-15-9-13-31(41)25(33)3/h9-22H,1-8H3. The number of hydrogen-bond donors (Lipinski definition) is 0. The fourth-order valence-corrected chi connectivity index (χ4v) is 5.09. The van der Waals surface area contributed by atoms with Crippen LogP contribution in [0.1, 0.15) is 72.7 Å². The van der Waals surface area contributed by atoms with Gasteiger partial charge in [0.15, 0.2) is 0 Å². The van der Waals surface area contributed by atoms with Crippen molar-refractivity contribution >= 4 is 45.6 Å². The van der Waals surface area contributed by atoms with Crippen LogP contribution in [0.4, 0.5) is 31.5 Å². The molecule has 0 radical (unpaired) electrons. The van der Waals surface area contributed by atoms with Gasteiger partial charge < -0.3 is 0 Å². The minimum Gasteiger partial charge on any atom is -0.251 e. The molecule has 0 saturated carbocycles. The van der Waals surface area contributed by atoms with E-state index in [9.17, 15) is 8.78 Å². The van der Waals surface area contributed by atoms with E-state index in [1.807, 2.05) is 90.1 Å². The van der Waals surface area contributed by atoms with Crippen LogP contribution in [-0.4, -0.2) is 32.8 Å². The first-order chi connectivity index (χ1) is 22.9. The molecule has 0 saturated heterocycles. The van der Waals surface area contributed by atoms with E-state index >= 15 is 0 Å². The maximum atomic E-state index is 14.0. The summed E-state index contributed by atoms with van der Waals surface area (Å²) >= 11 is 0. The summed E-state index contributed by atoms with van der Waals surface area (Å²) < 4.78 is 28.1. The summed E-state index contributed by atoms with van der Waals surface area (Å²) in [5.41, 5.74) is 11.5. The van der Waals surface area contributed by atoms with Gasteiger partial charge in [-0.15, -0.1) is 0 Å². The lowest BCUT2D eigenvalue weighted by Gasteiger charge is -2.10.